The van der Waals surface area contributed by atoms with Gasteiger partial charge in [0, 0.05) is 16.1 Å². The van der Waals surface area contributed by atoms with Crippen LogP contribution in [0.5, 0.6) is 0 Å². The van der Waals surface area contributed by atoms with Gasteiger partial charge >= 0.3 is 0 Å². The quantitative estimate of drug-likeness (QED) is 0.758. The smallest absolute Gasteiger partial charge is 0.245 e. The van der Waals surface area contributed by atoms with E-state index >= 15 is 0 Å². The molecule has 2 aromatic rings. The first-order valence-electron chi connectivity index (χ1n) is 3.51. The summed E-state index contributed by atoms with van der Waals surface area (Å²) in [6.07, 6.45) is -0.839. The Labute approximate surface area is 85.5 Å². The number of halogens is 3. The highest BCUT2D eigenvalue weighted by molar-refractivity contribution is 9.10. The van der Waals surface area contributed by atoms with Crippen LogP contribution in [0.1, 0.15) is 11.3 Å². The van der Waals surface area contributed by atoms with Gasteiger partial charge in [0.15, 0.2) is 0 Å². The van der Waals surface area contributed by atoms with Crippen LogP contribution in [0.2, 0.25) is 0 Å². The number of thiophene rings is 1. The molecule has 1 nitrogen and oxygen atoms in total. The molecule has 0 aromatic carbocycles. The van der Waals surface area contributed by atoms with Crippen LogP contribution in [-0.4, -0.2) is 4.98 Å². The largest absolute Gasteiger partial charge is 0.274 e. The average molecular weight is 264 g/mol. The molecule has 13 heavy (non-hydrogen) atoms. The minimum absolute atomic E-state index is 0.0497. The lowest BCUT2D eigenvalue weighted by Gasteiger charge is -1.92. The van der Waals surface area contributed by atoms with Crippen LogP contribution in [0.4, 0.5) is 8.78 Å². The van der Waals surface area contributed by atoms with Crippen molar-refractivity contribution in [2.75, 3.05) is 0 Å². The minimum atomic E-state index is -2.44. The molecule has 0 amide bonds. The standard InChI is InChI=1S/C8H4BrF2NS/c9-5-4-2-1-3-12-8(4)13-6(5)7(10)11/h1-3,7H. The maximum atomic E-state index is 12.4. The summed E-state index contributed by atoms with van der Waals surface area (Å²) in [5, 5.41) is 0.753. The second kappa shape index (κ2) is 3.31. The number of fused-ring (bicyclic) bond motifs is 1. The van der Waals surface area contributed by atoms with Gasteiger partial charge in [-0.15, -0.1) is 11.3 Å². The maximum Gasteiger partial charge on any atom is 0.274 e. The van der Waals surface area contributed by atoms with Gasteiger partial charge < -0.3 is 0 Å². The van der Waals surface area contributed by atoms with Crippen LogP contribution in [0.15, 0.2) is 22.8 Å². The van der Waals surface area contributed by atoms with E-state index in [9.17, 15) is 8.78 Å². The van der Waals surface area contributed by atoms with Crippen LogP contribution < -0.4 is 0 Å². The molecular formula is C8H4BrF2NS. The van der Waals surface area contributed by atoms with Crippen molar-refractivity contribution in [2.24, 2.45) is 0 Å². The van der Waals surface area contributed by atoms with Crippen LogP contribution in [0, 0.1) is 0 Å². The highest BCUT2D eigenvalue weighted by Gasteiger charge is 2.17. The Morgan fingerprint density at radius 3 is 2.85 bits per heavy atom. The van der Waals surface area contributed by atoms with Gasteiger partial charge in [-0.2, -0.15) is 0 Å². The number of alkyl halides is 2. The van der Waals surface area contributed by atoms with E-state index in [4.69, 9.17) is 0 Å². The molecule has 0 N–H and O–H groups in total. The van der Waals surface area contributed by atoms with E-state index in [0.29, 0.717) is 9.30 Å². The molecule has 0 atom stereocenters. The molecule has 0 spiro atoms. The predicted octanol–water partition coefficient (Wildman–Crippen LogP) is 4.00. The molecule has 0 unspecified atom stereocenters. The van der Waals surface area contributed by atoms with E-state index < -0.39 is 6.43 Å². The Bertz CT molecular complexity index is 441. The highest BCUT2D eigenvalue weighted by atomic mass is 79.9. The summed E-state index contributed by atoms with van der Waals surface area (Å²) in [4.78, 5) is 4.69. The zero-order valence-corrected chi connectivity index (χ0v) is 8.70. The van der Waals surface area contributed by atoms with Crippen LogP contribution in [0.25, 0.3) is 10.2 Å². The van der Waals surface area contributed by atoms with E-state index in [1.807, 2.05) is 0 Å². The van der Waals surface area contributed by atoms with E-state index in [0.717, 1.165) is 16.7 Å². The van der Waals surface area contributed by atoms with Gasteiger partial charge in [-0.1, -0.05) is 0 Å². The molecule has 0 aliphatic rings. The number of hydrogen-bond donors (Lipinski definition) is 0. The number of rotatable bonds is 1. The predicted molar refractivity (Wildman–Crippen MR) is 52.3 cm³/mol. The van der Waals surface area contributed by atoms with Crippen molar-refractivity contribution in [1.82, 2.24) is 4.98 Å². The third-order valence-electron chi connectivity index (χ3n) is 1.63. The lowest BCUT2D eigenvalue weighted by Crippen LogP contribution is -1.76. The number of pyridine rings is 1. The second-order valence-electron chi connectivity index (χ2n) is 2.44. The molecule has 0 aliphatic heterocycles. The third-order valence-corrected chi connectivity index (χ3v) is 3.87. The van der Waals surface area contributed by atoms with Gasteiger partial charge in [-0.25, -0.2) is 13.8 Å². The zero-order chi connectivity index (χ0) is 9.42. The summed E-state index contributed by atoms with van der Waals surface area (Å²) in [5.41, 5.74) is 0. The van der Waals surface area contributed by atoms with Crippen molar-refractivity contribution in [1.29, 1.82) is 0 Å². The van der Waals surface area contributed by atoms with Crippen molar-refractivity contribution >= 4 is 37.5 Å². The van der Waals surface area contributed by atoms with E-state index in [2.05, 4.69) is 20.9 Å². The fourth-order valence-corrected chi connectivity index (χ4v) is 2.82. The second-order valence-corrected chi connectivity index (χ2v) is 4.26. The number of aromatic nitrogens is 1. The average Bonchev–Trinajstić information content (AvgIpc) is 2.45. The van der Waals surface area contributed by atoms with Crippen molar-refractivity contribution in [3.05, 3.63) is 27.7 Å². The molecule has 2 aromatic heterocycles. The monoisotopic (exact) mass is 263 g/mol. The van der Waals surface area contributed by atoms with Crippen LogP contribution in [0.3, 0.4) is 0 Å². The fourth-order valence-electron chi connectivity index (χ4n) is 1.06. The molecular weight excluding hydrogens is 260 g/mol. The number of nitrogens with zero attached hydrogens (tertiary/aromatic N) is 1. The van der Waals surface area contributed by atoms with Gasteiger partial charge in [0.25, 0.3) is 6.43 Å². The van der Waals surface area contributed by atoms with Crippen molar-refractivity contribution in [3.8, 4) is 0 Å². The van der Waals surface area contributed by atoms with Crippen LogP contribution >= 0.6 is 27.3 Å². The van der Waals surface area contributed by atoms with Crippen molar-refractivity contribution in [2.45, 2.75) is 6.43 Å². The van der Waals surface area contributed by atoms with E-state index in [1.165, 1.54) is 0 Å². The molecule has 0 fully saturated rings. The molecule has 0 saturated heterocycles. The van der Waals surface area contributed by atoms with E-state index in [-0.39, 0.29) is 4.88 Å². The lowest BCUT2D eigenvalue weighted by atomic mass is 10.3. The van der Waals surface area contributed by atoms with Gasteiger partial charge in [0.05, 0.1) is 4.88 Å². The summed E-state index contributed by atoms with van der Waals surface area (Å²) in [6.45, 7) is 0. The Hall–Kier alpha value is -0.550. The van der Waals surface area contributed by atoms with Crippen LogP contribution in [-0.2, 0) is 0 Å². The Morgan fingerprint density at radius 2 is 2.23 bits per heavy atom. The summed E-state index contributed by atoms with van der Waals surface area (Å²) >= 11 is 4.17. The molecule has 0 radical (unpaired) electrons. The van der Waals surface area contributed by atoms with E-state index in [1.54, 1.807) is 18.3 Å². The molecule has 0 saturated carbocycles. The van der Waals surface area contributed by atoms with Crippen molar-refractivity contribution < 1.29 is 8.78 Å². The van der Waals surface area contributed by atoms with Gasteiger partial charge in [0.2, 0.25) is 0 Å². The third kappa shape index (κ3) is 1.46. The molecule has 0 bridgehead atoms. The Morgan fingerprint density at radius 1 is 1.46 bits per heavy atom. The summed E-state index contributed by atoms with van der Waals surface area (Å²) in [7, 11) is 0. The minimum Gasteiger partial charge on any atom is -0.245 e. The highest BCUT2D eigenvalue weighted by Crippen LogP contribution is 2.39. The first kappa shape index (κ1) is 9.02. The summed E-state index contributed by atoms with van der Waals surface area (Å²) in [6, 6.07) is 3.50. The van der Waals surface area contributed by atoms with Gasteiger partial charge in [-0.3, -0.25) is 0 Å². The van der Waals surface area contributed by atoms with Crippen molar-refractivity contribution in [3.63, 3.8) is 0 Å². The Kier molecular flexibility index (Phi) is 2.29. The van der Waals surface area contributed by atoms with Gasteiger partial charge in [0.1, 0.15) is 4.83 Å². The normalized spacial score (nSPS) is 11.4. The number of hydrogen-bond acceptors (Lipinski definition) is 2. The first-order valence-corrected chi connectivity index (χ1v) is 5.12. The zero-order valence-electron chi connectivity index (χ0n) is 6.30. The summed E-state index contributed by atoms with van der Waals surface area (Å²) < 4.78 is 25.3. The van der Waals surface area contributed by atoms with Gasteiger partial charge in [-0.05, 0) is 28.1 Å². The maximum absolute atomic E-state index is 12.4. The molecule has 2 heterocycles. The summed E-state index contributed by atoms with van der Waals surface area (Å²) in [5.74, 6) is 0. The Balaban J connectivity index is 2.74. The molecule has 2 rings (SSSR count). The topological polar surface area (TPSA) is 12.9 Å². The SMILES string of the molecule is FC(F)c1sc2ncccc2c1Br. The lowest BCUT2D eigenvalue weighted by molar-refractivity contribution is 0.155. The first-order chi connectivity index (χ1) is 6.20. The molecule has 68 valence electrons. The fraction of sp³-hybridized carbons (Fsp3) is 0.125. The molecule has 0 aliphatic carbocycles. The molecule has 5 heteroatoms.